The van der Waals surface area contributed by atoms with E-state index in [1.54, 1.807) is 7.11 Å². The first kappa shape index (κ1) is 12.9. The molecule has 0 aliphatic carbocycles. The Hall–Kier alpha value is -3.10. The van der Waals surface area contributed by atoms with Crippen molar-refractivity contribution in [3.05, 3.63) is 29.8 Å². The van der Waals surface area contributed by atoms with Crippen molar-refractivity contribution in [3.8, 4) is 17.3 Å². The summed E-state index contributed by atoms with van der Waals surface area (Å²) in [6.07, 6.45) is 0. The minimum absolute atomic E-state index is 0.104. The minimum Gasteiger partial charge on any atom is -0.496 e. The van der Waals surface area contributed by atoms with Crippen LogP contribution in [0.15, 0.2) is 33.4 Å². The molecule has 2 heterocycles. The summed E-state index contributed by atoms with van der Waals surface area (Å²) in [5.74, 6) is 1.08. The molecule has 1 aromatic carbocycles. The summed E-state index contributed by atoms with van der Waals surface area (Å²) in [6, 6.07) is 7.85. The Bertz CT molecular complexity index is 738. The molecule has 0 fully saturated rings. The molecule has 0 amide bonds. The molecule has 0 aliphatic heterocycles. The van der Waals surface area contributed by atoms with E-state index in [4.69, 9.17) is 15.0 Å². The van der Waals surface area contributed by atoms with Crippen LogP contribution in [0.3, 0.4) is 0 Å². The van der Waals surface area contributed by atoms with Crippen molar-refractivity contribution < 1.29 is 13.9 Å². The standard InChI is InChI=1S/C12H12N6O3/c1-19-8-5-3-2-4-7(8)6-14-12-15-11(18-20-12)9-10(13)17-21-16-9/h2-5H,6H2,1H3,(H2,13,17)(H,14,15,18). The zero-order valence-corrected chi connectivity index (χ0v) is 11.1. The number of para-hydroxylation sites is 1. The fourth-order valence-corrected chi connectivity index (χ4v) is 1.76. The molecule has 3 aromatic rings. The van der Waals surface area contributed by atoms with Crippen LogP contribution in [-0.2, 0) is 6.54 Å². The van der Waals surface area contributed by atoms with Gasteiger partial charge in [0.05, 0.1) is 7.11 Å². The first-order valence-electron chi connectivity index (χ1n) is 6.06. The van der Waals surface area contributed by atoms with Gasteiger partial charge < -0.3 is 20.3 Å². The number of rotatable bonds is 5. The predicted octanol–water partition coefficient (Wildman–Crippen LogP) is 1.32. The van der Waals surface area contributed by atoms with Gasteiger partial charge >= 0.3 is 6.01 Å². The zero-order chi connectivity index (χ0) is 14.7. The molecule has 0 atom stereocenters. The average molecular weight is 288 g/mol. The van der Waals surface area contributed by atoms with Gasteiger partial charge in [0.1, 0.15) is 5.75 Å². The monoisotopic (exact) mass is 288 g/mol. The van der Waals surface area contributed by atoms with E-state index in [9.17, 15) is 0 Å². The zero-order valence-electron chi connectivity index (χ0n) is 11.1. The second kappa shape index (κ2) is 5.49. The Morgan fingerprint density at radius 2 is 2.10 bits per heavy atom. The quantitative estimate of drug-likeness (QED) is 0.714. The number of benzene rings is 1. The Morgan fingerprint density at radius 1 is 1.24 bits per heavy atom. The van der Waals surface area contributed by atoms with Gasteiger partial charge in [-0.15, -0.1) is 0 Å². The second-order valence-corrected chi connectivity index (χ2v) is 4.09. The van der Waals surface area contributed by atoms with Crippen LogP contribution in [-0.4, -0.2) is 27.6 Å². The molecule has 9 heteroatoms. The van der Waals surface area contributed by atoms with Crippen LogP contribution >= 0.6 is 0 Å². The van der Waals surface area contributed by atoms with Crippen LogP contribution in [0.5, 0.6) is 5.75 Å². The summed E-state index contributed by atoms with van der Waals surface area (Å²) in [6.45, 7) is 0.470. The predicted molar refractivity (Wildman–Crippen MR) is 72.3 cm³/mol. The molecular formula is C12H12N6O3. The van der Waals surface area contributed by atoms with E-state index in [0.717, 1.165) is 11.3 Å². The van der Waals surface area contributed by atoms with Crippen molar-refractivity contribution >= 4 is 11.8 Å². The third-order valence-corrected chi connectivity index (χ3v) is 2.77. The fraction of sp³-hybridized carbons (Fsp3) is 0.167. The molecule has 3 rings (SSSR count). The highest BCUT2D eigenvalue weighted by molar-refractivity contribution is 5.62. The van der Waals surface area contributed by atoms with Gasteiger partial charge in [-0.3, -0.25) is 0 Å². The Labute approximate surface area is 119 Å². The molecule has 0 unspecified atom stereocenters. The third-order valence-electron chi connectivity index (χ3n) is 2.77. The first-order chi connectivity index (χ1) is 10.3. The van der Waals surface area contributed by atoms with E-state index in [2.05, 4.69) is 30.4 Å². The van der Waals surface area contributed by atoms with Crippen molar-refractivity contribution in [2.45, 2.75) is 6.54 Å². The van der Waals surface area contributed by atoms with Crippen LogP contribution in [0.1, 0.15) is 5.56 Å². The summed E-state index contributed by atoms with van der Waals surface area (Å²) in [7, 11) is 1.62. The minimum atomic E-state index is 0.104. The average Bonchev–Trinajstić information content (AvgIpc) is 3.14. The van der Waals surface area contributed by atoms with Crippen molar-refractivity contribution in [2.24, 2.45) is 0 Å². The number of ether oxygens (including phenoxy) is 1. The number of nitrogen functional groups attached to an aromatic ring is 1. The number of hydrogen-bond donors (Lipinski definition) is 2. The van der Waals surface area contributed by atoms with Crippen LogP contribution < -0.4 is 15.8 Å². The maximum absolute atomic E-state index is 5.56. The molecule has 0 saturated carbocycles. The van der Waals surface area contributed by atoms with Gasteiger partial charge in [-0.1, -0.05) is 23.4 Å². The Morgan fingerprint density at radius 3 is 2.86 bits per heavy atom. The lowest BCUT2D eigenvalue weighted by molar-refractivity contribution is 0.310. The van der Waals surface area contributed by atoms with Crippen LogP contribution in [0, 0.1) is 0 Å². The van der Waals surface area contributed by atoms with E-state index >= 15 is 0 Å². The number of nitrogens with zero attached hydrogens (tertiary/aromatic N) is 4. The number of hydrogen-bond acceptors (Lipinski definition) is 9. The summed E-state index contributed by atoms with van der Waals surface area (Å²) in [5, 5.41) is 13.8. The topological polar surface area (TPSA) is 125 Å². The van der Waals surface area contributed by atoms with Crippen molar-refractivity contribution in [1.82, 2.24) is 20.5 Å². The molecule has 2 aromatic heterocycles. The lowest BCUT2D eigenvalue weighted by Crippen LogP contribution is -2.01. The van der Waals surface area contributed by atoms with E-state index in [1.807, 2.05) is 24.3 Å². The van der Waals surface area contributed by atoms with Gasteiger partial charge in [0.15, 0.2) is 11.5 Å². The van der Waals surface area contributed by atoms with Crippen LogP contribution in [0.25, 0.3) is 11.5 Å². The SMILES string of the molecule is COc1ccccc1CNc1nc(-c2nonc2N)no1. The summed E-state index contributed by atoms with van der Waals surface area (Å²) >= 11 is 0. The summed E-state index contributed by atoms with van der Waals surface area (Å²) < 4.78 is 14.8. The molecule has 0 radical (unpaired) electrons. The summed E-state index contributed by atoms with van der Waals surface area (Å²) in [5.41, 5.74) is 6.76. The maximum Gasteiger partial charge on any atom is 0.322 e. The molecule has 21 heavy (non-hydrogen) atoms. The first-order valence-corrected chi connectivity index (χ1v) is 6.06. The number of methoxy groups -OCH3 is 1. The molecule has 0 bridgehead atoms. The van der Waals surface area contributed by atoms with Gasteiger partial charge in [0, 0.05) is 12.1 Å². The van der Waals surface area contributed by atoms with Gasteiger partial charge in [-0.25, -0.2) is 4.63 Å². The van der Waals surface area contributed by atoms with Crippen molar-refractivity contribution in [3.63, 3.8) is 0 Å². The Balaban J connectivity index is 1.72. The largest absolute Gasteiger partial charge is 0.496 e. The highest BCUT2D eigenvalue weighted by atomic mass is 16.6. The lowest BCUT2D eigenvalue weighted by Gasteiger charge is -2.07. The number of anilines is 2. The highest BCUT2D eigenvalue weighted by Crippen LogP contribution is 2.21. The molecular weight excluding hydrogens is 276 g/mol. The second-order valence-electron chi connectivity index (χ2n) is 4.09. The van der Waals surface area contributed by atoms with E-state index in [0.29, 0.717) is 6.54 Å². The molecule has 0 saturated heterocycles. The molecule has 0 aliphatic rings. The molecule has 0 spiro atoms. The van der Waals surface area contributed by atoms with Gasteiger partial charge in [0.25, 0.3) is 0 Å². The normalized spacial score (nSPS) is 10.5. The number of nitrogens with two attached hydrogens (primary N) is 1. The number of nitrogens with one attached hydrogen (secondary N) is 1. The number of aromatic nitrogens is 4. The van der Waals surface area contributed by atoms with Crippen LogP contribution in [0.2, 0.25) is 0 Å². The molecule has 3 N–H and O–H groups in total. The summed E-state index contributed by atoms with van der Waals surface area (Å²) in [4.78, 5) is 4.11. The molecule has 9 nitrogen and oxygen atoms in total. The Kier molecular flexibility index (Phi) is 3.37. The van der Waals surface area contributed by atoms with Crippen molar-refractivity contribution in [2.75, 3.05) is 18.2 Å². The highest BCUT2D eigenvalue weighted by Gasteiger charge is 2.16. The van der Waals surface area contributed by atoms with E-state index < -0.39 is 0 Å². The maximum atomic E-state index is 5.56. The van der Waals surface area contributed by atoms with Crippen molar-refractivity contribution in [1.29, 1.82) is 0 Å². The third kappa shape index (κ3) is 2.61. The van der Waals surface area contributed by atoms with Gasteiger partial charge in [0.2, 0.25) is 5.82 Å². The molecule has 108 valence electrons. The smallest absolute Gasteiger partial charge is 0.322 e. The fourth-order valence-electron chi connectivity index (χ4n) is 1.76. The van der Waals surface area contributed by atoms with Gasteiger partial charge in [-0.2, -0.15) is 4.98 Å². The van der Waals surface area contributed by atoms with Crippen LogP contribution in [0.4, 0.5) is 11.8 Å². The van der Waals surface area contributed by atoms with E-state index in [-0.39, 0.29) is 23.4 Å². The van der Waals surface area contributed by atoms with Gasteiger partial charge in [-0.05, 0) is 16.4 Å². The lowest BCUT2D eigenvalue weighted by atomic mass is 10.2. The van der Waals surface area contributed by atoms with E-state index in [1.165, 1.54) is 0 Å².